The Morgan fingerprint density at radius 1 is 0.943 bits per heavy atom. The van der Waals surface area contributed by atoms with Crippen LogP contribution in [0, 0.1) is 44.7 Å². The molecule has 0 bridgehead atoms. The molecule has 1 N–H and O–H groups in total. The number of nitrogens with zero attached hydrogens (tertiary/aromatic N) is 2. The van der Waals surface area contributed by atoms with Crippen molar-refractivity contribution in [1.29, 1.82) is 0 Å². The van der Waals surface area contributed by atoms with E-state index in [-0.39, 0.29) is 22.8 Å². The van der Waals surface area contributed by atoms with Crippen LogP contribution in [0.3, 0.4) is 0 Å². The maximum atomic E-state index is 13.8. The van der Waals surface area contributed by atoms with Gasteiger partial charge in [-0.25, -0.2) is 8.42 Å². The molecular formula is C26H29N3O5S. The predicted octanol–water partition coefficient (Wildman–Crippen LogP) is 4.97. The summed E-state index contributed by atoms with van der Waals surface area (Å²) in [5, 5.41) is 13.9. The normalized spacial score (nSPS) is 11.5. The van der Waals surface area contributed by atoms with E-state index in [0.29, 0.717) is 16.7 Å². The highest BCUT2D eigenvalue weighted by Crippen LogP contribution is 2.28. The monoisotopic (exact) mass is 495 g/mol. The summed E-state index contributed by atoms with van der Waals surface area (Å²) in [6.45, 7) is 8.39. The van der Waals surface area contributed by atoms with Gasteiger partial charge in [0, 0.05) is 12.6 Å². The van der Waals surface area contributed by atoms with Crippen molar-refractivity contribution in [2.75, 3.05) is 11.9 Å². The maximum absolute atomic E-state index is 13.8. The Kier molecular flexibility index (Phi) is 7.72. The standard InChI is InChI=1S/C26H29N3O5S/c1-17-9-11-22(12-10-17)15-28(35(33,34)26-19(3)13-18(2)14-20(26)4)16-25(30)27-23-7-6-8-24(21(23)5)29(31)32/h6-14H,15-16H2,1-5H3,(H,27,30). The van der Waals surface area contributed by atoms with E-state index in [1.54, 1.807) is 32.0 Å². The second-order valence-electron chi connectivity index (χ2n) is 8.74. The first kappa shape index (κ1) is 26.1. The van der Waals surface area contributed by atoms with Crippen LogP contribution in [-0.4, -0.2) is 30.1 Å². The van der Waals surface area contributed by atoms with Gasteiger partial charge in [-0.3, -0.25) is 14.9 Å². The molecule has 0 spiro atoms. The van der Waals surface area contributed by atoms with Gasteiger partial charge in [0.15, 0.2) is 0 Å². The molecule has 0 aliphatic rings. The van der Waals surface area contributed by atoms with E-state index in [9.17, 15) is 23.3 Å². The molecule has 3 aromatic carbocycles. The van der Waals surface area contributed by atoms with Gasteiger partial charge in [0.1, 0.15) is 0 Å². The largest absolute Gasteiger partial charge is 0.324 e. The first-order chi connectivity index (χ1) is 16.4. The fraction of sp³-hybridized carbons (Fsp3) is 0.269. The zero-order valence-electron chi connectivity index (χ0n) is 20.5. The van der Waals surface area contributed by atoms with Crippen molar-refractivity contribution < 1.29 is 18.1 Å². The van der Waals surface area contributed by atoms with Crippen LogP contribution in [0.5, 0.6) is 0 Å². The molecule has 0 unspecified atom stereocenters. The fourth-order valence-corrected chi connectivity index (χ4v) is 5.93. The Bertz CT molecular complexity index is 1360. The van der Waals surface area contributed by atoms with E-state index in [2.05, 4.69) is 5.32 Å². The number of sulfonamides is 1. The molecule has 0 radical (unpaired) electrons. The number of nitrogens with one attached hydrogen (secondary N) is 1. The summed E-state index contributed by atoms with van der Waals surface area (Å²) in [4.78, 5) is 23.9. The Morgan fingerprint density at radius 2 is 1.54 bits per heavy atom. The summed E-state index contributed by atoms with van der Waals surface area (Å²) in [7, 11) is -4.04. The van der Waals surface area contributed by atoms with Gasteiger partial charge in [0.2, 0.25) is 15.9 Å². The Labute approximate surface area is 205 Å². The number of anilines is 1. The van der Waals surface area contributed by atoms with Crippen molar-refractivity contribution in [3.63, 3.8) is 0 Å². The summed E-state index contributed by atoms with van der Waals surface area (Å²) < 4.78 is 28.8. The molecule has 3 rings (SSSR count). The first-order valence-electron chi connectivity index (χ1n) is 11.1. The first-order valence-corrected chi connectivity index (χ1v) is 12.5. The second kappa shape index (κ2) is 10.4. The Morgan fingerprint density at radius 3 is 2.11 bits per heavy atom. The number of amides is 1. The molecule has 0 heterocycles. The number of nitro groups is 1. The van der Waals surface area contributed by atoms with Crippen LogP contribution in [0.2, 0.25) is 0 Å². The number of nitro benzene ring substituents is 1. The molecule has 35 heavy (non-hydrogen) atoms. The van der Waals surface area contributed by atoms with E-state index < -0.39 is 27.4 Å². The number of carbonyl (C=O) groups excluding carboxylic acids is 1. The van der Waals surface area contributed by atoms with Gasteiger partial charge in [-0.05, 0) is 57.4 Å². The average molecular weight is 496 g/mol. The lowest BCUT2D eigenvalue weighted by Crippen LogP contribution is -2.38. The minimum absolute atomic E-state index is 0.00326. The third-order valence-corrected chi connectivity index (χ3v) is 7.88. The molecule has 0 aliphatic carbocycles. The van der Waals surface area contributed by atoms with E-state index in [1.807, 2.05) is 38.1 Å². The van der Waals surface area contributed by atoms with Crippen LogP contribution in [0.1, 0.15) is 33.4 Å². The van der Waals surface area contributed by atoms with Crippen LogP contribution >= 0.6 is 0 Å². The molecule has 0 saturated heterocycles. The van der Waals surface area contributed by atoms with Crippen LogP contribution in [0.15, 0.2) is 59.5 Å². The smallest absolute Gasteiger partial charge is 0.274 e. The lowest BCUT2D eigenvalue weighted by molar-refractivity contribution is -0.385. The van der Waals surface area contributed by atoms with E-state index >= 15 is 0 Å². The summed E-state index contributed by atoms with van der Waals surface area (Å²) in [6.07, 6.45) is 0. The Hall–Kier alpha value is -3.56. The lowest BCUT2D eigenvalue weighted by atomic mass is 10.1. The number of hydrogen-bond donors (Lipinski definition) is 1. The van der Waals surface area contributed by atoms with E-state index in [1.165, 1.54) is 19.1 Å². The van der Waals surface area contributed by atoms with E-state index in [4.69, 9.17) is 0 Å². The minimum Gasteiger partial charge on any atom is -0.324 e. The van der Waals surface area contributed by atoms with Crippen molar-refractivity contribution in [3.05, 3.63) is 98.1 Å². The number of hydrogen-bond acceptors (Lipinski definition) is 5. The van der Waals surface area contributed by atoms with Crippen molar-refractivity contribution >= 4 is 27.3 Å². The van der Waals surface area contributed by atoms with Crippen molar-refractivity contribution in [1.82, 2.24) is 4.31 Å². The van der Waals surface area contributed by atoms with Crippen LogP contribution in [0.25, 0.3) is 0 Å². The van der Waals surface area contributed by atoms with Gasteiger partial charge < -0.3 is 5.32 Å². The summed E-state index contributed by atoms with van der Waals surface area (Å²) in [5.74, 6) is -0.591. The molecule has 0 saturated carbocycles. The zero-order chi connectivity index (χ0) is 25.9. The topological polar surface area (TPSA) is 110 Å². The third-order valence-electron chi connectivity index (χ3n) is 5.78. The number of aryl methyl sites for hydroxylation is 4. The summed E-state index contributed by atoms with van der Waals surface area (Å²) >= 11 is 0. The van der Waals surface area contributed by atoms with Crippen molar-refractivity contribution in [2.24, 2.45) is 0 Å². The second-order valence-corrected chi connectivity index (χ2v) is 10.6. The average Bonchev–Trinajstić information content (AvgIpc) is 2.75. The molecule has 9 heteroatoms. The molecule has 0 aliphatic heterocycles. The van der Waals surface area contributed by atoms with Crippen molar-refractivity contribution in [3.8, 4) is 0 Å². The van der Waals surface area contributed by atoms with E-state index in [0.717, 1.165) is 21.0 Å². The summed E-state index contributed by atoms with van der Waals surface area (Å²) in [5.41, 5.74) is 4.36. The van der Waals surface area contributed by atoms with Crippen LogP contribution in [-0.2, 0) is 21.4 Å². The summed E-state index contributed by atoms with van der Waals surface area (Å²) in [6, 6.07) is 15.4. The van der Waals surface area contributed by atoms with Crippen molar-refractivity contribution in [2.45, 2.75) is 46.1 Å². The van der Waals surface area contributed by atoms with Gasteiger partial charge in [-0.2, -0.15) is 4.31 Å². The van der Waals surface area contributed by atoms with Gasteiger partial charge in [-0.1, -0.05) is 53.6 Å². The quantitative estimate of drug-likeness (QED) is 0.351. The third kappa shape index (κ3) is 5.93. The van der Waals surface area contributed by atoms with Gasteiger partial charge in [0.05, 0.1) is 27.6 Å². The number of benzene rings is 3. The lowest BCUT2D eigenvalue weighted by Gasteiger charge is -2.24. The molecule has 0 atom stereocenters. The van der Waals surface area contributed by atoms with Gasteiger partial charge in [-0.15, -0.1) is 0 Å². The fourth-order valence-electron chi connectivity index (χ4n) is 4.13. The Balaban J connectivity index is 1.98. The van der Waals surface area contributed by atoms with Gasteiger partial charge in [0.25, 0.3) is 5.69 Å². The molecule has 0 fully saturated rings. The molecule has 3 aromatic rings. The molecule has 1 amide bonds. The highest BCUT2D eigenvalue weighted by molar-refractivity contribution is 7.89. The maximum Gasteiger partial charge on any atom is 0.274 e. The highest BCUT2D eigenvalue weighted by atomic mass is 32.2. The number of rotatable bonds is 8. The SMILES string of the molecule is Cc1ccc(CN(CC(=O)Nc2cccc([N+](=O)[O-])c2C)S(=O)(=O)c2c(C)cc(C)cc2C)cc1. The number of carbonyl (C=O) groups is 1. The van der Waals surface area contributed by atoms with Gasteiger partial charge >= 0.3 is 0 Å². The van der Waals surface area contributed by atoms with Crippen LogP contribution < -0.4 is 5.32 Å². The predicted molar refractivity (Wildman–Crippen MR) is 136 cm³/mol. The molecule has 184 valence electrons. The molecule has 8 nitrogen and oxygen atoms in total. The molecular weight excluding hydrogens is 466 g/mol. The minimum atomic E-state index is -4.04. The van der Waals surface area contributed by atoms with Crippen LogP contribution in [0.4, 0.5) is 11.4 Å². The zero-order valence-corrected chi connectivity index (χ0v) is 21.3. The molecule has 0 aromatic heterocycles. The highest BCUT2D eigenvalue weighted by Gasteiger charge is 2.30.